The molecule has 1 fully saturated rings. The van der Waals surface area contributed by atoms with Crippen LogP contribution in [0.3, 0.4) is 0 Å². The van der Waals surface area contributed by atoms with Gasteiger partial charge in [0.05, 0.1) is 12.3 Å². The first kappa shape index (κ1) is 14.4. The molecule has 4 heteroatoms. The second-order valence-electron chi connectivity index (χ2n) is 6.25. The van der Waals surface area contributed by atoms with Gasteiger partial charge in [-0.1, -0.05) is 18.2 Å². The number of rotatable bonds is 3. The number of fused-ring (bicyclic) bond motifs is 1. The summed E-state index contributed by atoms with van der Waals surface area (Å²) in [7, 11) is 0. The minimum atomic E-state index is 0.0681. The lowest BCUT2D eigenvalue weighted by Crippen LogP contribution is -2.38. The van der Waals surface area contributed by atoms with Crippen LogP contribution in [0.2, 0.25) is 0 Å². The van der Waals surface area contributed by atoms with Crippen LogP contribution in [0.5, 0.6) is 0 Å². The Hall–Kier alpha value is -2.17. The molecule has 0 aliphatic carbocycles. The zero-order chi connectivity index (χ0) is 15.6. The predicted molar refractivity (Wildman–Crippen MR) is 91.2 cm³/mol. The number of benzene rings is 1. The van der Waals surface area contributed by atoms with Crippen LogP contribution in [0.4, 0.5) is 0 Å². The monoisotopic (exact) mass is 307 g/mol. The van der Waals surface area contributed by atoms with Gasteiger partial charge in [-0.05, 0) is 41.6 Å². The molecule has 23 heavy (non-hydrogen) atoms. The number of aromatic amines is 1. The van der Waals surface area contributed by atoms with Crippen LogP contribution in [0.15, 0.2) is 48.8 Å². The summed E-state index contributed by atoms with van der Waals surface area (Å²) in [4.78, 5) is 10.2. The molecule has 4 nitrogen and oxygen atoms in total. The normalized spacial score (nSPS) is 19.3. The third-order valence-electron chi connectivity index (χ3n) is 4.44. The molecular weight excluding hydrogens is 286 g/mol. The predicted octanol–water partition coefficient (Wildman–Crippen LogP) is 3.44. The lowest BCUT2D eigenvalue weighted by molar-refractivity contribution is -0.0349. The van der Waals surface area contributed by atoms with Gasteiger partial charge >= 0.3 is 0 Å². The number of H-pyrrole nitrogens is 1. The Morgan fingerprint density at radius 3 is 3.09 bits per heavy atom. The molecule has 4 rings (SSSR count). The molecule has 1 aliphatic rings. The van der Waals surface area contributed by atoms with Crippen molar-refractivity contribution in [2.75, 3.05) is 19.7 Å². The minimum Gasteiger partial charge on any atom is -0.369 e. The summed E-state index contributed by atoms with van der Waals surface area (Å²) >= 11 is 0. The van der Waals surface area contributed by atoms with Crippen LogP contribution in [0.25, 0.3) is 10.9 Å². The molecule has 3 aromatic rings. The molecular formula is C19H21N3O. The van der Waals surface area contributed by atoms with Gasteiger partial charge in [0.15, 0.2) is 0 Å². The smallest absolute Gasteiger partial charge is 0.112 e. The molecule has 2 aromatic heterocycles. The van der Waals surface area contributed by atoms with Crippen molar-refractivity contribution in [1.82, 2.24) is 14.9 Å². The molecule has 0 bridgehead atoms. The molecule has 1 aliphatic heterocycles. The van der Waals surface area contributed by atoms with Crippen molar-refractivity contribution in [1.29, 1.82) is 0 Å². The van der Waals surface area contributed by atoms with E-state index in [1.807, 2.05) is 12.4 Å². The van der Waals surface area contributed by atoms with E-state index < -0.39 is 0 Å². The maximum absolute atomic E-state index is 5.92. The highest BCUT2D eigenvalue weighted by Gasteiger charge is 2.23. The highest BCUT2D eigenvalue weighted by Crippen LogP contribution is 2.23. The minimum absolute atomic E-state index is 0.0681. The number of aryl methyl sites for hydroxylation is 1. The van der Waals surface area contributed by atoms with Gasteiger partial charge in [0.1, 0.15) is 6.10 Å². The Kier molecular flexibility index (Phi) is 3.85. The molecule has 0 amide bonds. The summed E-state index contributed by atoms with van der Waals surface area (Å²) in [5, 5.41) is 1.26. The van der Waals surface area contributed by atoms with E-state index in [2.05, 4.69) is 58.2 Å². The van der Waals surface area contributed by atoms with Crippen LogP contribution in [0, 0.1) is 6.92 Å². The molecule has 0 radical (unpaired) electrons. The Balaban J connectivity index is 1.47. The van der Waals surface area contributed by atoms with Gasteiger partial charge < -0.3 is 9.72 Å². The van der Waals surface area contributed by atoms with E-state index in [-0.39, 0.29) is 6.10 Å². The molecule has 1 saturated heterocycles. The number of morpholine rings is 1. The van der Waals surface area contributed by atoms with Gasteiger partial charge in [-0.3, -0.25) is 9.88 Å². The fourth-order valence-electron chi connectivity index (χ4n) is 3.15. The van der Waals surface area contributed by atoms with Crippen molar-refractivity contribution in [3.63, 3.8) is 0 Å². The number of ether oxygens (including phenoxy) is 1. The molecule has 1 unspecified atom stereocenters. The lowest BCUT2D eigenvalue weighted by Gasteiger charge is -2.32. The summed E-state index contributed by atoms with van der Waals surface area (Å²) in [6.07, 6.45) is 3.97. The molecule has 1 atom stereocenters. The summed E-state index contributed by atoms with van der Waals surface area (Å²) < 4.78 is 5.92. The maximum Gasteiger partial charge on any atom is 0.112 e. The molecule has 118 valence electrons. The fourth-order valence-corrected chi connectivity index (χ4v) is 3.15. The van der Waals surface area contributed by atoms with Crippen LogP contribution in [-0.4, -0.2) is 34.6 Å². The van der Waals surface area contributed by atoms with E-state index in [1.54, 1.807) is 0 Å². The highest BCUT2D eigenvalue weighted by molar-refractivity contribution is 5.79. The average Bonchev–Trinajstić information content (AvgIpc) is 3.03. The van der Waals surface area contributed by atoms with E-state index in [0.717, 1.165) is 31.9 Å². The number of hydrogen-bond acceptors (Lipinski definition) is 3. The quantitative estimate of drug-likeness (QED) is 0.806. The van der Waals surface area contributed by atoms with E-state index in [9.17, 15) is 0 Å². The first-order valence-corrected chi connectivity index (χ1v) is 8.10. The largest absolute Gasteiger partial charge is 0.369 e. The average molecular weight is 307 g/mol. The Morgan fingerprint density at radius 1 is 1.26 bits per heavy atom. The Labute approximate surface area is 136 Å². The molecule has 1 N–H and O–H groups in total. The van der Waals surface area contributed by atoms with Gasteiger partial charge in [-0.2, -0.15) is 0 Å². The first-order chi connectivity index (χ1) is 11.3. The zero-order valence-corrected chi connectivity index (χ0v) is 13.3. The number of pyridine rings is 1. The summed E-state index contributed by atoms with van der Waals surface area (Å²) in [6.45, 7) is 5.61. The van der Waals surface area contributed by atoms with E-state index >= 15 is 0 Å². The summed E-state index contributed by atoms with van der Waals surface area (Å²) in [5.41, 5.74) is 4.74. The van der Waals surface area contributed by atoms with Gasteiger partial charge in [-0.15, -0.1) is 0 Å². The Bertz CT molecular complexity index is 794. The number of nitrogens with one attached hydrogen (secondary N) is 1. The SMILES string of the molecule is Cc1ccc(C2CN(Cc3ccc4cc[nH]c4c3)CCO2)nc1. The van der Waals surface area contributed by atoms with Gasteiger partial charge in [-0.25, -0.2) is 0 Å². The molecule has 0 saturated carbocycles. The second-order valence-corrected chi connectivity index (χ2v) is 6.25. The van der Waals surface area contributed by atoms with Gasteiger partial charge in [0, 0.05) is 37.5 Å². The fraction of sp³-hybridized carbons (Fsp3) is 0.316. The zero-order valence-electron chi connectivity index (χ0n) is 13.3. The lowest BCUT2D eigenvalue weighted by atomic mass is 10.1. The van der Waals surface area contributed by atoms with Crippen molar-refractivity contribution >= 4 is 10.9 Å². The van der Waals surface area contributed by atoms with Crippen molar-refractivity contribution in [3.8, 4) is 0 Å². The molecule has 0 spiro atoms. The van der Waals surface area contributed by atoms with E-state index in [1.165, 1.54) is 22.0 Å². The highest BCUT2D eigenvalue weighted by atomic mass is 16.5. The van der Waals surface area contributed by atoms with Crippen LogP contribution in [-0.2, 0) is 11.3 Å². The Morgan fingerprint density at radius 2 is 2.22 bits per heavy atom. The van der Waals surface area contributed by atoms with E-state index in [0.29, 0.717) is 0 Å². The molecule has 3 heterocycles. The van der Waals surface area contributed by atoms with Crippen molar-refractivity contribution in [2.45, 2.75) is 19.6 Å². The number of hydrogen-bond donors (Lipinski definition) is 1. The molecule has 1 aromatic carbocycles. The van der Waals surface area contributed by atoms with Gasteiger partial charge in [0.25, 0.3) is 0 Å². The van der Waals surface area contributed by atoms with Crippen molar-refractivity contribution < 1.29 is 4.74 Å². The first-order valence-electron chi connectivity index (χ1n) is 8.10. The van der Waals surface area contributed by atoms with Crippen molar-refractivity contribution in [2.24, 2.45) is 0 Å². The maximum atomic E-state index is 5.92. The number of aromatic nitrogens is 2. The second kappa shape index (κ2) is 6.14. The van der Waals surface area contributed by atoms with Crippen LogP contribution in [0.1, 0.15) is 22.9 Å². The third kappa shape index (κ3) is 3.14. The van der Waals surface area contributed by atoms with Crippen LogP contribution < -0.4 is 0 Å². The standard InChI is InChI=1S/C19H21N3O/c1-14-2-5-17(21-11-14)19-13-22(8-9-23-19)12-15-3-4-16-6-7-20-18(16)10-15/h2-7,10-11,19-20H,8-9,12-13H2,1H3. The van der Waals surface area contributed by atoms with Crippen LogP contribution >= 0.6 is 0 Å². The summed E-state index contributed by atoms with van der Waals surface area (Å²) in [5.74, 6) is 0. The van der Waals surface area contributed by atoms with Gasteiger partial charge in [0.2, 0.25) is 0 Å². The number of nitrogens with zero attached hydrogens (tertiary/aromatic N) is 2. The summed E-state index contributed by atoms with van der Waals surface area (Å²) in [6, 6.07) is 12.9. The topological polar surface area (TPSA) is 41.2 Å². The van der Waals surface area contributed by atoms with Crippen molar-refractivity contribution in [3.05, 3.63) is 65.6 Å². The third-order valence-corrected chi connectivity index (χ3v) is 4.44. The van der Waals surface area contributed by atoms with E-state index in [4.69, 9.17) is 4.74 Å².